The lowest BCUT2D eigenvalue weighted by atomic mass is 9.97. The Morgan fingerprint density at radius 3 is 2.53 bits per heavy atom. The van der Waals surface area contributed by atoms with E-state index < -0.39 is 23.2 Å². The lowest BCUT2D eigenvalue weighted by molar-refractivity contribution is 0.0601. The van der Waals surface area contributed by atoms with Crippen molar-refractivity contribution < 1.29 is 23.0 Å². The van der Waals surface area contributed by atoms with Gasteiger partial charge in [0, 0.05) is 32.9 Å². The fourth-order valence-corrected chi connectivity index (χ4v) is 3.71. The topological polar surface area (TPSA) is 68.4 Å². The van der Waals surface area contributed by atoms with E-state index in [0.29, 0.717) is 21.3 Å². The zero-order valence-electron chi connectivity index (χ0n) is 15.8. The van der Waals surface area contributed by atoms with Crippen molar-refractivity contribution in [2.45, 2.75) is 13.5 Å². The van der Waals surface area contributed by atoms with Crippen molar-refractivity contribution in [3.63, 3.8) is 0 Å². The van der Waals surface area contributed by atoms with E-state index in [4.69, 9.17) is 9.47 Å². The van der Waals surface area contributed by atoms with E-state index in [9.17, 15) is 18.4 Å². The Morgan fingerprint density at radius 2 is 1.87 bits per heavy atom. The lowest BCUT2D eigenvalue weighted by Crippen LogP contribution is -2.14. The van der Waals surface area contributed by atoms with Crippen molar-refractivity contribution in [1.82, 2.24) is 4.98 Å². The van der Waals surface area contributed by atoms with Gasteiger partial charge in [-0.2, -0.15) is 0 Å². The monoisotopic (exact) mass is 541 g/mol. The second-order valence-electron chi connectivity index (χ2n) is 6.30. The minimum Gasteiger partial charge on any atom is -0.487 e. The molecule has 1 aromatic heterocycles. The van der Waals surface area contributed by atoms with Crippen molar-refractivity contribution >= 4 is 37.8 Å². The van der Waals surface area contributed by atoms with Crippen LogP contribution in [0.25, 0.3) is 11.1 Å². The molecule has 0 aliphatic carbocycles. The molecular formula is C21H15Br2F2NO4. The molecule has 0 atom stereocenters. The second kappa shape index (κ2) is 9.09. The van der Waals surface area contributed by atoms with Crippen LogP contribution in [0.5, 0.6) is 5.75 Å². The van der Waals surface area contributed by atoms with Gasteiger partial charge in [0.25, 0.3) is 5.56 Å². The van der Waals surface area contributed by atoms with Gasteiger partial charge in [-0.25, -0.2) is 13.6 Å². The van der Waals surface area contributed by atoms with Gasteiger partial charge in [-0.3, -0.25) is 4.79 Å². The zero-order chi connectivity index (χ0) is 22.0. The van der Waals surface area contributed by atoms with Crippen molar-refractivity contribution in [1.29, 1.82) is 0 Å². The van der Waals surface area contributed by atoms with E-state index in [1.54, 1.807) is 25.1 Å². The van der Waals surface area contributed by atoms with Crippen LogP contribution in [0.1, 0.15) is 21.6 Å². The predicted molar refractivity (Wildman–Crippen MR) is 115 cm³/mol. The van der Waals surface area contributed by atoms with E-state index in [0.717, 1.165) is 12.1 Å². The van der Waals surface area contributed by atoms with Crippen LogP contribution in [0, 0.1) is 18.6 Å². The molecule has 5 nitrogen and oxygen atoms in total. The first-order valence-corrected chi connectivity index (χ1v) is 10.2. The average molecular weight is 543 g/mol. The van der Waals surface area contributed by atoms with Crippen molar-refractivity contribution in [3.8, 4) is 16.9 Å². The van der Waals surface area contributed by atoms with Gasteiger partial charge in [-0.1, -0.05) is 22.0 Å². The third-order valence-electron chi connectivity index (χ3n) is 4.35. The molecule has 0 aliphatic heterocycles. The van der Waals surface area contributed by atoms with Crippen molar-refractivity contribution in [2.75, 3.05) is 7.11 Å². The number of carbonyl (C=O) groups is 1. The Bertz CT molecular complexity index is 1190. The SMILES string of the molecule is COC(=O)c1cc(Br)ccc1-c1c(C)[nH]c(=O)c(Br)c1OCc1ccc(F)cc1F. The summed E-state index contributed by atoms with van der Waals surface area (Å²) in [4.78, 5) is 27.3. The van der Waals surface area contributed by atoms with Gasteiger partial charge in [0.2, 0.25) is 0 Å². The third-order valence-corrected chi connectivity index (χ3v) is 5.56. The Balaban J connectivity index is 2.16. The van der Waals surface area contributed by atoms with Gasteiger partial charge in [-0.15, -0.1) is 0 Å². The summed E-state index contributed by atoms with van der Waals surface area (Å²) < 4.78 is 38.6. The number of aryl methyl sites for hydroxylation is 1. The van der Waals surface area contributed by atoms with Gasteiger partial charge in [0.15, 0.2) is 0 Å². The normalized spacial score (nSPS) is 10.7. The van der Waals surface area contributed by atoms with Gasteiger partial charge in [0.1, 0.15) is 28.5 Å². The molecule has 30 heavy (non-hydrogen) atoms. The number of aromatic amines is 1. The van der Waals surface area contributed by atoms with Crippen LogP contribution < -0.4 is 10.3 Å². The molecule has 9 heteroatoms. The van der Waals surface area contributed by atoms with E-state index in [-0.39, 0.29) is 28.0 Å². The number of carbonyl (C=O) groups excluding carboxylic acids is 1. The molecule has 3 aromatic rings. The number of ether oxygens (including phenoxy) is 2. The van der Waals surface area contributed by atoms with Crippen LogP contribution in [-0.4, -0.2) is 18.1 Å². The number of halogens is 4. The quantitative estimate of drug-likeness (QED) is 0.431. The third kappa shape index (κ3) is 4.46. The fraction of sp³-hybridized carbons (Fsp3) is 0.143. The van der Waals surface area contributed by atoms with Crippen LogP contribution in [-0.2, 0) is 11.3 Å². The van der Waals surface area contributed by atoms with Crippen LogP contribution in [0.3, 0.4) is 0 Å². The Morgan fingerprint density at radius 1 is 1.13 bits per heavy atom. The summed E-state index contributed by atoms with van der Waals surface area (Å²) >= 11 is 6.54. The molecular weight excluding hydrogens is 528 g/mol. The molecule has 2 aromatic carbocycles. The Kier molecular flexibility index (Phi) is 6.72. The Hall–Kier alpha value is -2.52. The number of rotatable bonds is 5. The number of hydrogen-bond acceptors (Lipinski definition) is 4. The molecule has 1 heterocycles. The maximum atomic E-state index is 14.0. The first-order chi connectivity index (χ1) is 14.2. The number of benzene rings is 2. The van der Waals surface area contributed by atoms with E-state index in [1.165, 1.54) is 13.2 Å². The highest BCUT2D eigenvalue weighted by molar-refractivity contribution is 9.10. The lowest BCUT2D eigenvalue weighted by Gasteiger charge is -2.18. The first-order valence-electron chi connectivity index (χ1n) is 8.60. The minimum absolute atomic E-state index is 0.0735. The second-order valence-corrected chi connectivity index (χ2v) is 8.01. The maximum Gasteiger partial charge on any atom is 0.338 e. The molecule has 0 aliphatic rings. The van der Waals surface area contributed by atoms with Gasteiger partial charge < -0.3 is 14.5 Å². The fourth-order valence-electron chi connectivity index (χ4n) is 2.93. The predicted octanol–water partition coefficient (Wildman–Crippen LogP) is 5.52. The van der Waals surface area contributed by atoms with Crippen molar-refractivity contribution in [3.05, 3.63) is 84.2 Å². The summed E-state index contributed by atoms with van der Waals surface area (Å²) in [7, 11) is 1.26. The summed E-state index contributed by atoms with van der Waals surface area (Å²) in [6, 6.07) is 8.12. The molecule has 1 N–H and O–H groups in total. The van der Waals surface area contributed by atoms with Crippen LogP contribution in [0.2, 0.25) is 0 Å². The summed E-state index contributed by atoms with van der Waals surface area (Å²) in [6.45, 7) is 1.39. The average Bonchev–Trinajstić information content (AvgIpc) is 2.70. The number of H-pyrrole nitrogens is 1. The van der Waals surface area contributed by atoms with Gasteiger partial charge in [-0.05, 0) is 47.1 Å². The summed E-state index contributed by atoms with van der Waals surface area (Å²) in [5, 5.41) is 0. The summed E-state index contributed by atoms with van der Waals surface area (Å²) in [6.07, 6.45) is 0. The summed E-state index contributed by atoms with van der Waals surface area (Å²) in [5.74, 6) is -1.94. The van der Waals surface area contributed by atoms with E-state index in [1.807, 2.05) is 0 Å². The number of esters is 1. The highest BCUT2D eigenvalue weighted by atomic mass is 79.9. The zero-order valence-corrected chi connectivity index (χ0v) is 19.0. The molecule has 3 rings (SSSR count). The smallest absolute Gasteiger partial charge is 0.338 e. The van der Waals surface area contributed by atoms with Gasteiger partial charge >= 0.3 is 5.97 Å². The first kappa shape index (κ1) is 22.2. The van der Waals surface area contributed by atoms with Crippen LogP contribution >= 0.6 is 31.9 Å². The highest BCUT2D eigenvalue weighted by Gasteiger charge is 2.23. The molecule has 156 valence electrons. The standard InChI is InChI=1S/C21H15Br2F2NO4/c1-10-17(14-6-4-12(22)7-15(14)21(28)29-2)19(18(23)20(27)26-10)30-9-11-3-5-13(24)8-16(11)25/h3-8H,9H2,1-2H3,(H,26,27). The number of aromatic nitrogens is 1. The van der Waals surface area contributed by atoms with Crippen LogP contribution in [0.15, 0.2) is 50.1 Å². The Labute approximate surface area is 187 Å². The van der Waals surface area contributed by atoms with Crippen LogP contribution in [0.4, 0.5) is 8.78 Å². The molecule has 0 amide bonds. The molecule has 0 unspecified atom stereocenters. The van der Waals surface area contributed by atoms with Gasteiger partial charge in [0.05, 0.1) is 12.7 Å². The molecule has 0 radical (unpaired) electrons. The molecule has 0 saturated carbocycles. The minimum atomic E-state index is -0.770. The number of nitrogens with one attached hydrogen (secondary N) is 1. The molecule has 0 fully saturated rings. The number of methoxy groups -OCH3 is 1. The molecule has 0 saturated heterocycles. The largest absolute Gasteiger partial charge is 0.487 e. The van der Waals surface area contributed by atoms with E-state index >= 15 is 0 Å². The number of pyridine rings is 1. The molecule has 0 bridgehead atoms. The highest BCUT2D eigenvalue weighted by Crippen LogP contribution is 2.39. The van der Waals surface area contributed by atoms with E-state index in [2.05, 4.69) is 36.8 Å². The summed E-state index contributed by atoms with van der Waals surface area (Å²) in [5.41, 5.74) is 1.21. The maximum absolute atomic E-state index is 14.0. The number of hydrogen-bond donors (Lipinski definition) is 1. The van der Waals surface area contributed by atoms with Crippen molar-refractivity contribution in [2.24, 2.45) is 0 Å². The molecule has 0 spiro atoms.